The van der Waals surface area contributed by atoms with Crippen LogP contribution >= 0.6 is 23.2 Å². The van der Waals surface area contributed by atoms with Crippen molar-refractivity contribution in [2.24, 2.45) is 5.92 Å². The minimum absolute atomic E-state index is 0.0202. The first kappa shape index (κ1) is 16.3. The maximum Gasteiger partial charge on any atom is 0.387 e. The summed E-state index contributed by atoms with van der Waals surface area (Å²) in [5.41, 5.74) is -0.0202. The summed E-state index contributed by atoms with van der Waals surface area (Å²) in [6, 6.07) is 1.29. The van der Waals surface area contributed by atoms with Crippen LogP contribution in [0, 0.1) is 5.92 Å². The van der Waals surface area contributed by atoms with Gasteiger partial charge in [0.15, 0.2) is 11.5 Å². The van der Waals surface area contributed by atoms with Crippen molar-refractivity contribution in [3.63, 3.8) is 0 Å². The smallest absolute Gasteiger partial charge is 0.387 e. The Morgan fingerprint density at radius 1 is 1.32 bits per heavy atom. The average molecular weight is 315 g/mol. The Bertz CT molecular complexity index is 439. The van der Waals surface area contributed by atoms with E-state index in [1.165, 1.54) is 6.07 Å². The highest BCUT2D eigenvalue weighted by Crippen LogP contribution is 2.42. The molecule has 19 heavy (non-hydrogen) atoms. The fourth-order valence-electron chi connectivity index (χ4n) is 1.36. The number of aliphatic hydroxyl groups excluding tert-OH is 1. The number of ether oxygens (including phenoxy) is 2. The number of alkyl halides is 2. The molecule has 1 aromatic rings. The molecule has 0 heterocycles. The predicted molar refractivity (Wildman–Crippen MR) is 69.3 cm³/mol. The molecular weight excluding hydrogens is 301 g/mol. The van der Waals surface area contributed by atoms with Crippen LogP contribution in [-0.4, -0.2) is 18.3 Å². The van der Waals surface area contributed by atoms with Gasteiger partial charge in [-0.05, 0) is 5.92 Å². The zero-order valence-electron chi connectivity index (χ0n) is 10.4. The summed E-state index contributed by atoms with van der Waals surface area (Å²) < 4.78 is 34.6. The van der Waals surface area contributed by atoms with E-state index < -0.39 is 13.2 Å². The quantitative estimate of drug-likeness (QED) is 0.858. The van der Waals surface area contributed by atoms with Crippen LogP contribution < -0.4 is 9.47 Å². The number of aliphatic hydroxyl groups is 1. The van der Waals surface area contributed by atoms with E-state index in [0.29, 0.717) is 6.61 Å². The van der Waals surface area contributed by atoms with Crippen LogP contribution in [0.2, 0.25) is 10.0 Å². The van der Waals surface area contributed by atoms with Crippen molar-refractivity contribution in [3.05, 3.63) is 21.7 Å². The second-order valence-electron chi connectivity index (χ2n) is 4.22. The first-order chi connectivity index (χ1) is 8.86. The lowest BCUT2D eigenvalue weighted by molar-refractivity contribution is -0.0527. The molecule has 0 amide bonds. The summed E-state index contributed by atoms with van der Waals surface area (Å²) in [4.78, 5) is 0. The van der Waals surface area contributed by atoms with Crippen molar-refractivity contribution in [1.82, 2.24) is 0 Å². The normalized spacial score (nSPS) is 11.2. The molecule has 0 aliphatic rings. The Kier molecular flexibility index (Phi) is 6.10. The van der Waals surface area contributed by atoms with Crippen molar-refractivity contribution < 1.29 is 23.4 Å². The van der Waals surface area contributed by atoms with Gasteiger partial charge in [-0.15, -0.1) is 0 Å². The average Bonchev–Trinajstić information content (AvgIpc) is 2.31. The highest BCUT2D eigenvalue weighted by molar-refractivity contribution is 6.42. The summed E-state index contributed by atoms with van der Waals surface area (Å²) in [7, 11) is 0. The Morgan fingerprint density at radius 3 is 2.42 bits per heavy atom. The third kappa shape index (κ3) is 4.37. The molecule has 0 atom stereocenters. The van der Waals surface area contributed by atoms with E-state index in [-0.39, 0.29) is 33.0 Å². The van der Waals surface area contributed by atoms with Gasteiger partial charge >= 0.3 is 6.61 Å². The molecule has 3 nitrogen and oxygen atoms in total. The summed E-state index contributed by atoms with van der Waals surface area (Å²) in [5, 5.41) is 9.29. The van der Waals surface area contributed by atoms with Crippen LogP contribution in [0.15, 0.2) is 6.07 Å². The van der Waals surface area contributed by atoms with Gasteiger partial charge in [0.2, 0.25) is 0 Å². The second-order valence-corrected chi connectivity index (χ2v) is 5.00. The lowest BCUT2D eigenvalue weighted by Gasteiger charge is -2.18. The van der Waals surface area contributed by atoms with E-state index in [1.807, 2.05) is 13.8 Å². The predicted octanol–water partition coefficient (Wildman–Crippen LogP) is 4.12. The SMILES string of the molecule is CC(C)COc1cc(Cl)c(Cl)c(CO)c1OC(F)F. The molecule has 0 saturated carbocycles. The molecule has 0 bridgehead atoms. The molecule has 1 N–H and O–H groups in total. The first-order valence-corrected chi connectivity index (χ1v) is 6.31. The van der Waals surface area contributed by atoms with Gasteiger partial charge in [0, 0.05) is 11.6 Å². The van der Waals surface area contributed by atoms with E-state index in [1.54, 1.807) is 0 Å². The Labute approximate surface area is 120 Å². The van der Waals surface area contributed by atoms with Crippen LogP contribution in [-0.2, 0) is 6.61 Å². The molecule has 1 rings (SSSR count). The van der Waals surface area contributed by atoms with Crippen LogP contribution in [0.3, 0.4) is 0 Å². The van der Waals surface area contributed by atoms with Gasteiger partial charge < -0.3 is 14.6 Å². The fourth-order valence-corrected chi connectivity index (χ4v) is 1.77. The highest BCUT2D eigenvalue weighted by Gasteiger charge is 2.21. The van der Waals surface area contributed by atoms with E-state index in [0.717, 1.165) is 0 Å². The van der Waals surface area contributed by atoms with Gasteiger partial charge in [-0.1, -0.05) is 37.0 Å². The third-order valence-electron chi connectivity index (χ3n) is 2.17. The highest BCUT2D eigenvalue weighted by atomic mass is 35.5. The van der Waals surface area contributed by atoms with Crippen molar-refractivity contribution in [2.75, 3.05) is 6.61 Å². The molecule has 0 aliphatic heterocycles. The lowest BCUT2D eigenvalue weighted by Crippen LogP contribution is -2.10. The third-order valence-corrected chi connectivity index (χ3v) is 2.99. The van der Waals surface area contributed by atoms with Crippen molar-refractivity contribution in [3.8, 4) is 11.5 Å². The summed E-state index contributed by atoms with van der Waals surface area (Å²) in [5.74, 6) is -0.0635. The Balaban J connectivity index is 3.21. The minimum Gasteiger partial charge on any atom is -0.489 e. The van der Waals surface area contributed by atoms with Gasteiger partial charge in [-0.2, -0.15) is 8.78 Å². The largest absolute Gasteiger partial charge is 0.489 e. The van der Waals surface area contributed by atoms with Gasteiger partial charge in [-0.3, -0.25) is 0 Å². The Hall–Kier alpha value is -0.780. The zero-order valence-corrected chi connectivity index (χ0v) is 11.9. The van der Waals surface area contributed by atoms with Gasteiger partial charge in [0.05, 0.1) is 23.3 Å². The van der Waals surface area contributed by atoms with Gasteiger partial charge in [-0.25, -0.2) is 0 Å². The number of hydrogen-bond donors (Lipinski definition) is 1. The van der Waals surface area contributed by atoms with Crippen LogP contribution in [0.1, 0.15) is 19.4 Å². The topological polar surface area (TPSA) is 38.7 Å². The van der Waals surface area contributed by atoms with Crippen molar-refractivity contribution in [1.29, 1.82) is 0 Å². The van der Waals surface area contributed by atoms with E-state index >= 15 is 0 Å². The maximum absolute atomic E-state index is 12.4. The number of rotatable bonds is 6. The standard InChI is InChI=1S/C12H14Cl2F2O3/c1-6(2)5-18-9-3-8(13)10(14)7(4-17)11(9)19-12(15)16/h3,6,12,17H,4-5H2,1-2H3. The monoisotopic (exact) mass is 314 g/mol. The van der Waals surface area contributed by atoms with Gasteiger partial charge in [0.1, 0.15) is 0 Å². The molecule has 0 aromatic heterocycles. The summed E-state index contributed by atoms with van der Waals surface area (Å²) >= 11 is 11.7. The van der Waals surface area contributed by atoms with Crippen LogP contribution in [0.5, 0.6) is 11.5 Å². The summed E-state index contributed by atoms with van der Waals surface area (Å²) in [6.07, 6.45) is 0. The van der Waals surface area contributed by atoms with Crippen molar-refractivity contribution >= 4 is 23.2 Å². The molecular formula is C12H14Cl2F2O3. The van der Waals surface area contributed by atoms with E-state index in [2.05, 4.69) is 4.74 Å². The molecule has 0 saturated heterocycles. The molecule has 0 unspecified atom stereocenters. The van der Waals surface area contributed by atoms with Gasteiger partial charge in [0.25, 0.3) is 0 Å². The lowest BCUT2D eigenvalue weighted by atomic mass is 10.2. The molecule has 0 spiro atoms. The molecule has 7 heteroatoms. The van der Waals surface area contributed by atoms with E-state index in [4.69, 9.17) is 27.9 Å². The molecule has 1 aromatic carbocycles. The molecule has 0 radical (unpaired) electrons. The Morgan fingerprint density at radius 2 is 1.95 bits per heavy atom. The molecule has 0 fully saturated rings. The number of hydrogen-bond acceptors (Lipinski definition) is 3. The van der Waals surface area contributed by atoms with E-state index in [9.17, 15) is 13.9 Å². The maximum atomic E-state index is 12.4. The first-order valence-electron chi connectivity index (χ1n) is 5.56. The second kappa shape index (κ2) is 7.12. The van der Waals surface area contributed by atoms with Crippen molar-refractivity contribution in [2.45, 2.75) is 27.1 Å². The van der Waals surface area contributed by atoms with Crippen LogP contribution in [0.4, 0.5) is 8.78 Å². The summed E-state index contributed by atoms with van der Waals surface area (Å²) in [6.45, 7) is 0.460. The number of benzene rings is 1. The molecule has 0 aliphatic carbocycles. The zero-order chi connectivity index (χ0) is 14.6. The van der Waals surface area contributed by atoms with Crippen LogP contribution in [0.25, 0.3) is 0 Å². The minimum atomic E-state index is -3.05. The molecule has 108 valence electrons. The number of halogens is 4. The fraction of sp³-hybridized carbons (Fsp3) is 0.500.